The van der Waals surface area contributed by atoms with Gasteiger partial charge in [0.15, 0.2) is 0 Å². The summed E-state index contributed by atoms with van der Waals surface area (Å²) < 4.78 is 4.72. The normalized spacial score (nSPS) is 27.4. The third-order valence-electron chi connectivity index (χ3n) is 1.84. The highest BCUT2D eigenvalue weighted by atomic mass is 16.6. The summed E-state index contributed by atoms with van der Waals surface area (Å²) in [4.78, 5) is 12.4. The summed E-state index contributed by atoms with van der Waals surface area (Å²) in [6, 6.07) is 0. The molecule has 0 aromatic carbocycles. The number of likely N-dealkylation sites (tertiary alicyclic amines) is 1. The predicted octanol–water partition coefficient (Wildman–Crippen LogP) is -0.654. The number of carbonyl (C=O) groups is 1. The van der Waals surface area contributed by atoms with Gasteiger partial charge in [-0.1, -0.05) is 12.7 Å². The molecule has 0 spiro atoms. The van der Waals surface area contributed by atoms with Gasteiger partial charge in [-0.05, 0) is 0 Å². The molecule has 0 aromatic heterocycles. The van der Waals surface area contributed by atoms with E-state index in [1.807, 2.05) is 0 Å². The predicted molar refractivity (Wildman–Crippen MR) is 45.1 cm³/mol. The summed E-state index contributed by atoms with van der Waals surface area (Å²) in [6.07, 6.45) is -0.802. The van der Waals surface area contributed by atoms with E-state index < -0.39 is 18.3 Å². The van der Waals surface area contributed by atoms with Crippen LogP contribution in [-0.4, -0.2) is 53.1 Å². The van der Waals surface area contributed by atoms with Crippen molar-refractivity contribution in [2.24, 2.45) is 0 Å². The van der Waals surface area contributed by atoms with Crippen molar-refractivity contribution in [2.75, 3.05) is 19.7 Å². The molecule has 0 bridgehead atoms. The minimum absolute atomic E-state index is 0.122. The fraction of sp³-hybridized carbons (Fsp3) is 0.625. The van der Waals surface area contributed by atoms with Gasteiger partial charge in [-0.3, -0.25) is 0 Å². The Morgan fingerprint density at radius 3 is 2.54 bits per heavy atom. The van der Waals surface area contributed by atoms with Gasteiger partial charge in [0.1, 0.15) is 6.61 Å². The minimum atomic E-state index is -0.865. The molecule has 0 radical (unpaired) electrons. The third kappa shape index (κ3) is 2.43. The lowest BCUT2D eigenvalue weighted by molar-refractivity contribution is 0.0572. The number of hydrogen-bond donors (Lipinski definition) is 2. The van der Waals surface area contributed by atoms with E-state index in [-0.39, 0.29) is 19.7 Å². The van der Waals surface area contributed by atoms with Crippen LogP contribution >= 0.6 is 0 Å². The zero-order valence-electron chi connectivity index (χ0n) is 7.22. The Labute approximate surface area is 76.2 Å². The average molecular weight is 187 g/mol. The molecule has 1 aliphatic rings. The zero-order chi connectivity index (χ0) is 9.84. The van der Waals surface area contributed by atoms with Crippen molar-refractivity contribution in [3.05, 3.63) is 12.7 Å². The molecule has 1 heterocycles. The average Bonchev–Trinajstić information content (AvgIpc) is 2.43. The van der Waals surface area contributed by atoms with Crippen LogP contribution in [0, 0.1) is 0 Å². The van der Waals surface area contributed by atoms with E-state index in [0.29, 0.717) is 0 Å². The van der Waals surface area contributed by atoms with Crippen molar-refractivity contribution in [1.82, 2.24) is 4.90 Å². The molecular formula is C8H13NO4. The quantitative estimate of drug-likeness (QED) is 0.563. The van der Waals surface area contributed by atoms with E-state index in [0.717, 1.165) is 0 Å². The van der Waals surface area contributed by atoms with E-state index in [4.69, 9.17) is 14.9 Å². The fourth-order valence-corrected chi connectivity index (χ4v) is 1.14. The number of amides is 1. The molecule has 2 N–H and O–H groups in total. The molecular weight excluding hydrogens is 174 g/mol. The maximum atomic E-state index is 11.1. The van der Waals surface area contributed by atoms with E-state index in [1.165, 1.54) is 11.0 Å². The number of aliphatic hydroxyl groups is 2. The molecule has 0 aromatic rings. The number of ether oxygens (including phenoxy) is 1. The number of nitrogens with zero attached hydrogens (tertiary/aromatic N) is 1. The van der Waals surface area contributed by atoms with Crippen molar-refractivity contribution in [3.63, 3.8) is 0 Å². The lowest BCUT2D eigenvalue weighted by Crippen LogP contribution is -2.30. The van der Waals surface area contributed by atoms with Gasteiger partial charge in [0, 0.05) is 0 Å². The van der Waals surface area contributed by atoms with Crippen LogP contribution in [0.15, 0.2) is 12.7 Å². The first kappa shape index (κ1) is 10.0. The van der Waals surface area contributed by atoms with Crippen LogP contribution in [-0.2, 0) is 4.74 Å². The molecule has 74 valence electrons. The van der Waals surface area contributed by atoms with Crippen molar-refractivity contribution in [3.8, 4) is 0 Å². The van der Waals surface area contributed by atoms with Crippen LogP contribution in [0.5, 0.6) is 0 Å². The molecule has 5 heteroatoms. The summed E-state index contributed by atoms with van der Waals surface area (Å²) in [7, 11) is 0. The van der Waals surface area contributed by atoms with Crippen molar-refractivity contribution >= 4 is 6.09 Å². The smallest absolute Gasteiger partial charge is 0.410 e. The summed E-state index contributed by atoms with van der Waals surface area (Å²) in [5.41, 5.74) is 0. The molecule has 2 atom stereocenters. The van der Waals surface area contributed by atoms with Crippen LogP contribution in [0.25, 0.3) is 0 Å². The van der Waals surface area contributed by atoms with Gasteiger partial charge in [-0.2, -0.15) is 0 Å². The largest absolute Gasteiger partial charge is 0.445 e. The summed E-state index contributed by atoms with van der Waals surface area (Å²) >= 11 is 0. The molecule has 0 aliphatic carbocycles. The summed E-state index contributed by atoms with van der Waals surface area (Å²) in [5.74, 6) is 0. The Morgan fingerprint density at radius 1 is 1.54 bits per heavy atom. The van der Waals surface area contributed by atoms with E-state index in [9.17, 15) is 4.79 Å². The van der Waals surface area contributed by atoms with Crippen molar-refractivity contribution < 1.29 is 19.7 Å². The van der Waals surface area contributed by atoms with Gasteiger partial charge in [-0.15, -0.1) is 0 Å². The number of carbonyl (C=O) groups excluding carboxylic acids is 1. The van der Waals surface area contributed by atoms with E-state index in [1.54, 1.807) is 0 Å². The van der Waals surface area contributed by atoms with Gasteiger partial charge < -0.3 is 19.8 Å². The monoisotopic (exact) mass is 187 g/mol. The molecule has 13 heavy (non-hydrogen) atoms. The highest BCUT2D eigenvalue weighted by Gasteiger charge is 2.33. The van der Waals surface area contributed by atoms with Gasteiger partial charge >= 0.3 is 6.09 Å². The SMILES string of the molecule is C=CCOC(=O)N1C[C@@H](O)[C@@H](O)C1. The molecule has 1 fully saturated rings. The number of rotatable bonds is 2. The second-order valence-electron chi connectivity index (χ2n) is 2.91. The van der Waals surface area contributed by atoms with Crippen molar-refractivity contribution in [1.29, 1.82) is 0 Å². The summed E-state index contributed by atoms with van der Waals surface area (Å²) in [6.45, 7) is 3.78. The molecule has 1 rings (SSSR count). The van der Waals surface area contributed by atoms with Crippen molar-refractivity contribution in [2.45, 2.75) is 12.2 Å². The zero-order valence-corrected chi connectivity index (χ0v) is 7.22. The fourth-order valence-electron chi connectivity index (χ4n) is 1.14. The molecule has 1 amide bonds. The first-order chi connectivity index (χ1) is 6.15. The van der Waals surface area contributed by atoms with Crippen LogP contribution < -0.4 is 0 Å². The number of β-amino-alcohol motifs (C(OH)–C–C–N with tert-alkyl or cyclic N) is 2. The Balaban J connectivity index is 2.37. The van der Waals surface area contributed by atoms with E-state index in [2.05, 4.69) is 6.58 Å². The number of aliphatic hydroxyl groups excluding tert-OH is 2. The standard InChI is InChI=1S/C8H13NO4/c1-2-3-13-8(12)9-4-6(10)7(11)5-9/h2,6-7,10-11H,1,3-5H2/t6-,7+. The van der Waals surface area contributed by atoms with Gasteiger partial charge in [-0.25, -0.2) is 4.79 Å². The van der Waals surface area contributed by atoms with Crippen LogP contribution in [0.1, 0.15) is 0 Å². The second kappa shape index (κ2) is 4.25. The van der Waals surface area contributed by atoms with Gasteiger partial charge in [0.05, 0.1) is 25.3 Å². The molecule has 1 saturated heterocycles. The molecule has 5 nitrogen and oxygen atoms in total. The Kier molecular flexibility index (Phi) is 3.27. The van der Waals surface area contributed by atoms with Gasteiger partial charge in [0.25, 0.3) is 0 Å². The molecule has 1 aliphatic heterocycles. The van der Waals surface area contributed by atoms with Crippen LogP contribution in [0.3, 0.4) is 0 Å². The highest BCUT2D eigenvalue weighted by molar-refractivity contribution is 5.68. The first-order valence-corrected chi connectivity index (χ1v) is 4.04. The lowest BCUT2D eigenvalue weighted by atomic mass is 10.3. The maximum Gasteiger partial charge on any atom is 0.410 e. The topological polar surface area (TPSA) is 70.0 Å². The minimum Gasteiger partial charge on any atom is -0.445 e. The van der Waals surface area contributed by atoms with E-state index >= 15 is 0 Å². The van der Waals surface area contributed by atoms with Crippen LogP contribution in [0.4, 0.5) is 4.79 Å². The molecule has 0 saturated carbocycles. The molecule has 0 unspecified atom stereocenters. The Bertz CT molecular complexity index is 196. The number of hydrogen-bond acceptors (Lipinski definition) is 4. The second-order valence-corrected chi connectivity index (χ2v) is 2.91. The maximum absolute atomic E-state index is 11.1. The Morgan fingerprint density at radius 2 is 2.08 bits per heavy atom. The third-order valence-corrected chi connectivity index (χ3v) is 1.84. The van der Waals surface area contributed by atoms with Gasteiger partial charge in [0.2, 0.25) is 0 Å². The highest BCUT2D eigenvalue weighted by Crippen LogP contribution is 2.10. The lowest BCUT2D eigenvalue weighted by Gasteiger charge is -2.13. The van der Waals surface area contributed by atoms with Crippen LogP contribution in [0.2, 0.25) is 0 Å². The first-order valence-electron chi connectivity index (χ1n) is 4.04. The summed E-state index contributed by atoms with van der Waals surface area (Å²) in [5, 5.41) is 18.2. The Hall–Kier alpha value is -1.07.